The van der Waals surface area contributed by atoms with Crippen LogP contribution in [0.2, 0.25) is 0 Å². The molecule has 0 spiro atoms. The maximum atomic E-state index is 9.98. The fraction of sp³-hybridized carbons (Fsp3) is 0.333. The first-order chi connectivity index (χ1) is 10.9. The van der Waals surface area contributed by atoms with E-state index in [2.05, 4.69) is 5.32 Å². The van der Waals surface area contributed by atoms with Crippen molar-refractivity contribution in [2.24, 2.45) is 0 Å². The van der Waals surface area contributed by atoms with Gasteiger partial charge in [-0.05, 0) is 43.7 Å². The third-order valence-electron chi connectivity index (χ3n) is 3.49. The molecule has 5 nitrogen and oxygen atoms in total. The van der Waals surface area contributed by atoms with Gasteiger partial charge in [0.2, 0.25) is 0 Å². The van der Waals surface area contributed by atoms with Crippen LogP contribution in [0.1, 0.15) is 19.4 Å². The van der Waals surface area contributed by atoms with Crippen LogP contribution in [0.4, 0.5) is 11.4 Å². The second-order valence-electron chi connectivity index (χ2n) is 6.02. The van der Waals surface area contributed by atoms with E-state index in [0.29, 0.717) is 18.0 Å². The van der Waals surface area contributed by atoms with E-state index in [1.807, 2.05) is 30.3 Å². The number of hydrogen-bond acceptors (Lipinski definition) is 5. The van der Waals surface area contributed by atoms with Crippen molar-refractivity contribution in [2.45, 2.75) is 25.6 Å². The summed E-state index contributed by atoms with van der Waals surface area (Å²) in [6.07, 6.45) is -0.663. The third-order valence-corrected chi connectivity index (χ3v) is 3.49. The molecule has 0 saturated carbocycles. The zero-order chi connectivity index (χ0) is 16.9. The van der Waals surface area contributed by atoms with Crippen LogP contribution in [-0.4, -0.2) is 29.5 Å². The topological polar surface area (TPSA) is 87.7 Å². The Labute approximate surface area is 136 Å². The quantitative estimate of drug-likeness (QED) is 0.589. The van der Waals surface area contributed by atoms with Crippen molar-refractivity contribution in [3.63, 3.8) is 0 Å². The summed E-state index contributed by atoms with van der Waals surface area (Å²) in [6.45, 7) is 3.97. The molecule has 0 bridgehead atoms. The minimum absolute atomic E-state index is 0.168. The Morgan fingerprint density at radius 1 is 1.13 bits per heavy atom. The lowest BCUT2D eigenvalue weighted by Crippen LogP contribution is -2.26. The smallest absolute Gasteiger partial charge is 0.119 e. The molecular formula is C18H24N2O3. The van der Waals surface area contributed by atoms with Crippen molar-refractivity contribution in [2.75, 3.05) is 24.2 Å². The Morgan fingerprint density at radius 2 is 1.78 bits per heavy atom. The Kier molecular flexibility index (Phi) is 5.47. The number of benzene rings is 2. The summed E-state index contributed by atoms with van der Waals surface area (Å²) < 4.78 is 5.55. The summed E-state index contributed by atoms with van der Waals surface area (Å²) in [5.74, 6) is 0.649. The van der Waals surface area contributed by atoms with Crippen LogP contribution in [0, 0.1) is 0 Å². The number of ether oxygens (including phenoxy) is 1. The summed E-state index contributed by atoms with van der Waals surface area (Å²) in [7, 11) is 0. The molecule has 0 aliphatic heterocycles. The maximum Gasteiger partial charge on any atom is 0.119 e. The van der Waals surface area contributed by atoms with Gasteiger partial charge in [-0.25, -0.2) is 0 Å². The summed E-state index contributed by atoms with van der Waals surface area (Å²) >= 11 is 0. The second kappa shape index (κ2) is 7.35. The minimum atomic E-state index is -0.877. The van der Waals surface area contributed by atoms with E-state index in [-0.39, 0.29) is 6.61 Å². The minimum Gasteiger partial charge on any atom is -0.491 e. The SMILES string of the molecule is CC(C)(O)c1ccc(OC[C@@H](O)CNc2ccccc2N)cc1. The van der Waals surface area contributed by atoms with Crippen molar-refractivity contribution in [1.29, 1.82) is 0 Å². The van der Waals surface area contributed by atoms with Crippen LogP contribution in [0.25, 0.3) is 0 Å². The van der Waals surface area contributed by atoms with Crippen LogP contribution < -0.4 is 15.8 Å². The van der Waals surface area contributed by atoms with Gasteiger partial charge >= 0.3 is 0 Å². The van der Waals surface area contributed by atoms with Gasteiger partial charge in [-0.1, -0.05) is 24.3 Å². The summed E-state index contributed by atoms with van der Waals surface area (Å²) in [5.41, 5.74) is 7.19. The monoisotopic (exact) mass is 316 g/mol. The van der Waals surface area contributed by atoms with E-state index < -0.39 is 11.7 Å². The molecule has 1 atom stereocenters. The predicted molar refractivity (Wildman–Crippen MR) is 92.5 cm³/mol. The largest absolute Gasteiger partial charge is 0.491 e. The number of aliphatic hydroxyl groups excluding tert-OH is 1. The molecule has 0 aliphatic rings. The molecule has 0 aliphatic carbocycles. The van der Waals surface area contributed by atoms with E-state index in [9.17, 15) is 10.2 Å². The lowest BCUT2D eigenvalue weighted by molar-refractivity contribution is 0.0784. The van der Waals surface area contributed by atoms with Gasteiger partial charge in [0.25, 0.3) is 0 Å². The second-order valence-corrected chi connectivity index (χ2v) is 6.02. The molecule has 2 aromatic carbocycles. The van der Waals surface area contributed by atoms with E-state index in [1.54, 1.807) is 32.0 Å². The predicted octanol–water partition coefficient (Wildman–Crippen LogP) is 2.35. The number of hydrogen-bond donors (Lipinski definition) is 4. The first kappa shape index (κ1) is 17.1. The van der Waals surface area contributed by atoms with E-state index >= 15 is 0 Å². The van der Waals surface area contributed by atoms with E-state index in [0.717, 1.165) is 11.3 Å². The van der Waals surface area contributed by atoms with Gasteiger partial charge in [0.15, 0.2) is 0 Å². The molecule has 124 valence electrons. The zero-order valence-electron chi connectivity index (χ0n) is 13.5. The van der Waals surface area contributed by atoms with Gasteiger partial charge in [0.1, 0.15) is 18.5 Å². The average molecular weight is 316 g/mol. The van der Waals surface area contributed by atoms with Gasteiger partial charge in [0.05, 0.1) is 17.0 Å². The fourth-order valence-corrected chi connectivity index (χ4v) is 2.10. The Balaban J connectivity index is 1.80. The van der Waals surface area contributed by atoms with Crippen molar-refractivity contribution in [3.8, 4) is 5.75 Å². The highest BCUT2D eigenvalue weighted by Crippen LogP contribution is 2.22. The Bertz CT molecular complexity index is 621. The Morgan fingerprint density at radius 3 is 2.39 bits per heavy atom. The van der Waals surface area contributed by atoms with Gasteiger partial charge in [-0.2, -0.15) is 0 Å². The van der Waals surface area contributed by atoms with Crippen LogP contribution in [-0.2, 0) is 5.60 Å². The van der Waals surface area contributed by atoms with Gasteiger partial charge < -0.3 is 26.0 Å². The number of nitrogens with two attached hydrogens (primary N) is 1. The maximum absolute atomic E-state index is 9.98. The number of aliphatic hydroxyl groups is 2. The average Bonchev–Trinajstić information content (AvgIpc) is 2.51. The molecule has 0 amide bonds. The summed E-state index contributed by atoms with van der Waals surface area (Å²) in [6, 6.07) is 14.6. The molecule has 5 heteroatoms. The van der Waals surface area contributed by atoms with Crippen molar-refractivity contribution < 1.29 is 14.9 Å². The molecule has 2 rings (SSSR count). The summed E-state index contributed by atoms with van der Waals surface area (Å²) in [5, 5.41) is 23.0. The van der Waals surface area contributed by atoms with Gasteiger partial charge in [-0.3, -0.25) is 0 Å². The van der Waals surface area contributed by atoms with Crippen molar-refractivity contribution in [1.82, 2.24) is 0 Å². The molecule has 2 aromatic rings. The highest BCUT2D eigenvalue weighted by atomic mass is 16.5. The molecule has 0 aromatic heterocycles. The number of para-hydroxylation sites is 2. The van der Waals surface area contributed by atoms with Gasteiger partial charge in [-0.15, -0.1) is 0 Å². The molecule has 0 radical (unpaired) electrons. The Hall–Kier alpha value is -2.24. The molecule has 0 fully saturated rings. The third kappa shape index (κ3) is 5.16. The summed E-state index contributed by atoms with van der Waals surface area (Å²) in [4.78, 5) is 0. The fourth-order valence-electron chi connectivity index (χ4n) is 2.10. The standard InChI is InChI=1S/C18H24N2O3/c1-18(2,22)13-7-9-15(10-8-13)23-12-14(21)11-20-17-6-4-3-5-16(17)19/h3-10,14,20-22H,11-12,19H2,1-2H3/t14-/m0/s1. The van der Waals surface area contributed by atoms with Crippen LogP contribution in [0.5, 0.6) is 5.75 Å². The molecule has 0 unspecified atom stereocenters. The van der Waals surface area contributed by atoms with E-state index in [1.165, 1.54) is 0 Å². The van der Waals surface area contributed by atoms with Crippen LogP contribution in [0.15, 0.2) is 48.5 Å². The molecule has 0 heterocycles. The van der Waals surface area contributed by atoms with Crippen LogP contribution in [0.3, 0.4) is 0 Å². The molecule has 5 N–H and O–H groups in total. The number of rotatable bonds is 7. The first-order valence-electron chi connectivity index (χ1n) is 7.58. The molecule has 23 heavy (non-hydrogen) atoms. The van der Waals surface area contributed by atoms with E-state index in [4.69, 9.17) is 10.5 Å². The van der Waals surface area contributed by atoms with Gasteiger partial charge in [0, 0.05) is 6.54 Å². The van der Waals surface area contributed by atoms with Crippen molar-refractivity contribution >= 4 is 11.4 Å². The molecular weight excluding hydrogens is 292 g/mol. The number of nitrogen functional groups attached to an aromatic ring is 1. The van der Waals surface area contributed by atoms with Crippen LogP contribution >= 0.6 is 0 Å². The zero-order valence-corrected chi connectivity index (χ0v) is 13.5. The lowest BCUT2D eigenvalue weighted by Gasteiger charge is -2.18. The first-order valence-corrected chi connectivity index (χ1v) is 7.58. The lowest BCUT2D eigenvalue weighted by atomic mass is 9.99. The van der Waals surface area contributed by atoms with Crippen molar-refractivity contribution in [3.05, 3.63) is 54.1 Å². The normalized spacial score (nSPS) is 12.7. The highest BCUT2D eigenvalue weighted by Gasteiger charge is 2.15. The number of nitrogens with one attached hydrogen (secondary N) is 1. The highest BCUT2D eigenvalue weighted by molar-refractivity contribution is 5.65. The molecule has 0 saturated heterocycles. The number of anilines is 2.